The van der Waals surface area contributed by atoms with E-state index >= 15 is 0 Å². The van der Waals surface area contributed by atoms with Crippen LogP contribution in [0, 0.1) is 6.92 Å². The van der Waals surface area contributed by atoms with Gasteiger partial charge in [0, 0.05) is 23.5 Å². The molecule has 1 aromatic carbocycles. The Morgan fingerprint density at radius 3 is 2.72 bits per heavy atom. The minimum absolute atomic E-state index is 0.176. The van der Waals surface area contributed by atoms with Crippen molar-refractivity contribution < 1.29 is 9.00 Å². The molecule has 1 amide bonds. The third-order valence-electron chi connectivity index (χ3n) is 3.39. The van der Waals surface area contributed by atoms with Crippen LogP contribution < -0.4 is 5.32 Å². The fourth-order valence-corrected chi connectivity index (χ4v) is 3.90. The Morgan fingerprint density at radius 2 is 2.04 bits per heavy atom. The van der Waals surface area contributed by atoms with Gasteiger partial charge in [0.2, 0.25) is 5.91 Å². The van der Waals surface area contributed by atoms with Gasteiger partial charge in [-0.3, -0.25) is 13.9 Å². The number of rotatable bonds is 7. The molecule has 25 heavy (non-hydrogen) atoms. The fraction of sp³-hybridized carbons (Fsp3) is 0.294. The number of nitrogens with zero attached hydrogens (tertiary/aromatic N) is 2. The van der Waals surface area contributed by atoms with Crippen LogP contribution in [0.4, 0.5) is 5.82 Å². The number of aromatic nitrogens is 1. The van der Waals surface area contributed by atoms with E-state index in [2.05, 4.69) is 10.3 Å². The lowest BCUT2D eigenvalue weighted by molar-refractivity contribution is -0.117. The van der Waals surface area contributed by atoms with Crippen LogP contribution in [0.5, 0.6) is 0 Å². The number of hydrogen-bond acceptors (Lipinski definition) is 4. The van der Waals surface area contributed by atoms with Gasteiger partial charge in [-0.15, -0.1) is 0 Å². The van der Waals surface area contributed by atoms with Gasteiger partial charge in [-0.2, -0.15) is 0 Å². The maximum Gasteiger partial charge on any atom is 0.239 e. The Labute approximate surface area is 159 Å². The highest BCUT2D eigenvalue weighted by molar-refractivity contribution is 7.85. The number of amides is 1. The van der Waals surface area contributed by atoms with E-state index in [9.17, 15) is 9.00 Å². The van der Waals surface area contributed by atoms with Crippen LogP contribution in [0.1, 0.15) is 5.56 Å². The summed E-state index contributed by atoms with van der Waals surface area (Å²) in [5.41, 5.74) is 1.03. The van der Waals surface area contributed by atoms with E-state index in [0.29, 0.717) is 33.1 Å². The Hall–Kier alpha value is -1.47. The number of carbonyl (C=O) groups excluding carboxylic acids is 1. The van der Waals surface area contributed by atoms with E-state index < -0.39 is 10.8 Å². The van der Waals surface area contributed by atoms with E-state index in [1.807, 2.05) is 13.0 Å². The lowest BCUT2D eigenvalue weighted by atomic mass is 10.3. The smallest absolute Gasteiger partial charge is 0.239 e. The van der Waals surface area contributed by atoms with Gasteiger partial charge in [0.05, 0.1) is 27.3 Å². The van der Waals surface area contributed by atoms with Crippen LogP contribution >= 0.6 is 23.2 Å². The molecule has 134 valence electrons. The molecule has 5 nitrogen and oxygen atoms in total. The second-order valence-electron chi connectivity index (χ2n) is 5.63. The summed E-state index contributed by atoms with van der Waals surface area (Å²) in [7, 11) is 0.507. The summed E-state index contributed by atoms with van der Waals surface area (Å²) in [6.07, 6.45) is 1.69. The first-order valence-electron chi connectivity index (χ1n) is 7.59. The highest BCUT2D eigenvalue weighted by atomic mass is 35.5. The number of anilines is 1. The van der Waals surface area contributed by atoms with E-state index in [1.165, 1.54) is 0 Å². The van der Waals surface area contributed by atoms with E-state index in [-0.39, 0.29) is 12.5 Å². The molecule has 2 rings (SSSR count). The summed E-state index contributed by atoms with van der Waals surface area (Å²) in [5.74, 6) is 0.691. The molecule has 2 aromatic rings. The Morgan fingerprint density at radius 1 is 1.28 bits per heavy atom. The predicted octanol–water partition coefficient (Wildman–Crippen LogP) is 3.37. The van der Waals surface area contributed by atoms with Gasteiger partial charge in [-0.25, -0.2) is 4.98 Å². The van der Waals surface area contributed by atoms with Gasteiger partial charge in [0.25, 0.3) is 0 Å². The standard InChI is InChI=1S/C17H19Cl2N3O2S/c1-12-3-6-16(20-10-12)21-17(23)11-22(2)7-8-25(24)15-9-13(18)4-5-14(15)19/h3-6,9-10H,7-8,11H2,1-2H3,(H,20,21,23). The van der Waals surface area contributed by atoms with E-state index in [1.54, 1.807) is 42.4 Å². The van der Waals surface area contributed by atoms with Crippen LogP contribution in [0.25, 0.3) is 0 Å². The van der Waals surface area contributed by atoms with Crippen LogP contribution in [-0.4, -0.2) is 45.9 Å². The molecule has 1 aromatic heterocycles. The summed E-state index contributed by atoms with van der Waals surface area (Å²) < 4.78 is 12.4. The van der Waals surface area contributed by atoms with E-state index in [4.69, 9.17) is 23.2 Å². The zero-order chi connectivity index (χ0) is 18.4. The highest BCUT2D eigenvalue weighted by Gasteiger charge is 2.12. The molecule has 0 spiro atoms. The zero-order valence-corrected chi connectivity index (χ0v) is 16.3. The Kier molecular flexibility index (Phi) is 7.38. The predicted molar refractivity (Wildman–Crippen MR) is 103 cm³/mol. The minimum atomic E-state index is -1.28. The molecule has 0 aliphatic heterocycles. The normalized spacial score (nSPS) is 12.2. The monoisotopic (exact) mass is 399 g/mol. The van der Waals surface area contributed by atoms with Crippen molar-refractivity contribution in [1.29, 1.82) is 0 Å². The molecule has 0 bridgehead atoms. The molecule has 1 heterocycles. The van der Waals surface area contributed by atoms with Crippen molar-refractivity contribution in [1.82, 2.24) is 9.88 Å². The maximum absolute atomic E-state index is 12.4. The van der Waals surface area contributed by atoms with Gasteiger partial charge < -0.3 is 5.32 Å². The lowest BCUT2D eigenvalue weighted by Gasteiger charge is -2.16. The Balaban J connectivity index is 1.82. The van der Waals surface area contributed by atoms with Crippen molar-refractivity contribution in [2.45, 2.75) is 11.8 Å². The second kappa shape index (κ2) is 9.29. The van der Waals surface area contributed by atoms with Crippen LogP contribution in [-0.2, 0) is 15.6 Å². The lowest BCUT2D eigenvalue weighted by Crippen LogP contribution is -2.33. The van der Waals surface area contributed by atoms with Crippen LogP contribution in [0.3, 0.4) is 0 Å². The third kappa shape index (κ3) is 6.40. The molecular weight excluding hydrogens is 381 g/mol. The van der Waals surface area contributed by atoms with Crippen molar-refractivity contribution >= 4 is 45.7 Å². The molecule has 0 aliphatic carbocycles. The van der Waals surface area contributed by atoms with Gasteiger partial charge in [-0.1, -0.05) is 29.3 Å². The maximum atomic E-state index is 12.4. The highest BCUT2D eigenvalue weighted by Crippen LogP contribution is 2.23. The van der Waals surface area contributed by atoms with Crippen molar-refractivity contribution in [2.24, 2.45) is 0 Å². The summed E-state index contributed by atoms with van der Waals surface area (Å²) in [4.78, 5) is 18.4. The number of likely N-dealkylation sites (N-methyl/N-ethyl adjacent to an activating group) is 1. The first kappa shape index (κ1) is 19.8. The number of nitrogens with one attached hydrogen (secondary N) is 1. The number of pyridine rings is 1. The molecule has 0 fully saturated rings. The van der Waals surface area contributed by atoms with Crippen molar-refractivity contribution in [2.75, 3.05) is 31.2 Å². The summed E-state index contributed by atoms with van der Waals surface area (Å²) in [5, 5.41) is 3.65. The van der Waals surface area contributed by atoms with Crippen molar-refractivity contribution in [3.05, 3.63) is 52.1 Å². The van der Waals surface area contributed by atoms with Gasteiger partial charge in [-0.05, 0) is 43.8 Å². The molecule has 1 N–H and O–H groups in total. The number of halogens is 2. The van der Waals surface area contributed by atoms with Gasteiger partial charge in [0.1, 0.15) is 5.82 Å². The molecular formula is C17H19Cl2N3O2S. The number of benzene rings is 1. The number of aryl methyl sites for hydroxylation is 1. The Bertz CT molecular complexity index is 769. The topological polar surface area (TPSA) is 62.3 Å². The van der Waals surface area contributed by atoms with Gasteiger partial charge in [0.15, 0.2) is 0 Å². The molecule has 8 heteroatoms. The number of carbonyl (C=O) groups is 1. The average Bonchev–Trinajstić information content (AvgIpc) is 2.57. The summed E-state index contributed by atoms with van der Waals surface area (Å²) in [6.45, 7) is 2.58. The molecule has 1 unspecified atom stereocenters. The van der Waals surface area contributed by atoms with E-state index in [0.717, 1.165) is 5.56 Å². The molecule has 0 aliphatic rings. The molecule has 0 radical (unpaired) electrons. The molecule has 1 atom stereocenters. The summed E-state index contributed by atoms with van der Waals surface area (Å²) >= 11 is 12.0. The van der Waals surface area contributed by atoms with Crippen LogP contribution in [0.15, 0.2) is 41.4 Å². The SMILES string of the molecule is Cc1ccc(NC(=O)CN(C)CCS(=O)c2cc(Cl)ccc2Cl)nc1. The third-order valence-corrected chi connectivity index (χ3v) is 5.45. The zero-order valence-electron chi connectivity index (χ0n) is 14.0. The second-order valence-corrected chi connectivity index (χ2v) is 8.01. The fourth-order valence-electron chi connectivity index (χ4n) is 2.05. The van der Waals surface area contributed by atoms with Crippen molar-refractivity contribution in [3.8, 4) is 0 Å². The largest absolute Gasteiger partial charge is 0.310 e. The van der Waals surface area contributed by atoms with Crippen molar-refractivity contribution in [3.63, 3.8) is 0 Å². The minimum Gasteiger partial charge on any atom is -0.310 e. The summed E-state index contributed by atoms with van der Waals surface area (Å²) in [6, 6.07) is 8.52. The first-order valence-corrected chi connectivity index (χ1v) is 9.67. The van der Waals surface area contributed by atoms with Crippen LogP contribution in [0.2, 0.25) is 10.0 Å². The first-order chi connectivity index (χ1) is 11.8. The average molecular weight is 400 g/mol. The quantitative estimate of drug-likeness (QED) is 0.774. The molecule has 0 saturated carbocycles. The number of hydrogen-bond donors (Lipinski definition) is 1. The van der Waals surface area contributed by atoms with Gasteiger partial charge >= 0.3 is 0 Å². The molecule has 0 saturated heterocycles.